The van der Waals surface area contributed by atoms with Crippen LogP contribution in [-0.4, -0.2) is 28.0 Å². The molecule has 2 saturated heterocycles. The van der Waals surface area contributed by atoms with Crippen molar-refractivity contribution in [2.24, 2.45) is 0 Å². The quantitative estimate of drug-likeness (QED) is 0.277. The summed E-state index contributed by atoms with van der Waals surface area (Å²) in [5.74, 6) is 0. The Kier molecular flexibility index (Phi) is 4.38. The van der Waals surface area contributed by atoms with Crippen LogP contribution in [0.1, 0.15) is 54.3 Å². The van der Waals surface area contributed by atoms with Crippen LogP contribution in [-0.2, 0) is 4.74 Å². The Morgan fingerprint density at radius 2 is 1.65 bits per heavy atom. The second kappa shape index (κ2) is 7.59. The molecule has 168 valence electrons. The summed E-state index contributed by atoms with van der Waals surface area (Å²) in [5, 5.41) is 1.11. The molecule has 34 heavy (non-hydrogen) atoms. The number of nitrogens with one attached hydrogen (secondary N) is 1. The molecule has 4 nitrogen and oxygen atoms in total. The third kappa shape index (κ3) is 2.93. The Balaban J connectivity index is 0.00000229. The Bertz CT molecular complexity index is 1460. The predicted molar refractivity (Wildman–Crippen MR) is 137 cm³/mol. The number of aromatic nitrogens is 2. The van der Waals surface area contributed by atoms with Gasteiger partial charge < -0.3 is 14.6 Å². The number of hydrogen-bond donors (Lipinski definition) is 1. The fourth-order valence-corrected chi connectivity index (χ4v) is 5.84. The molecule has 4 aromatic rings. The number of epoxide rings is 1. The van der Waals surface area contributed by atoms with Crippen molar-refractivity contribution in [3.8, 4) is 0 Å². The number of nitrogens with zero attached hydrogens (tertiary/aromatic N) is 2. The molecule has 0 radical (unpaired) electrons. The van der Waals surface area contributed by atoms with Crippen LogP contribution in [0.25, 0.3) is 22.2 Å². The third-order valence-corrected chi connectivity index (χ3v) is 7.49. The molecular formula is C30H27N3O. The minimum Gasteiger partial charge on any atom is -0.364 e. The summed E-state index contributed by atoms with van der Waals surface area (Å²) in [6, 6.07) is 19.7. The highest BCUT2D eigenvalue weighted by Crippen LogP contribution is 2.57. The number of piperidine rings is 1. The minimum absolute atomic E-state index is 0. The number of rotatable bonds is 2. The normalized spacial score (nSPS) is 20.8. The smallest absolute Gasteiger partial charge is 0.114 e. The predicted octanol–water partition coefficient (Wildman–Crippen LogP) is 6.66. The van der Waals surface area contributed by atoms with Crippen molar-refractivity contribution in [3.63, 3.8) is 0 Å². The maximum absolute atomic E-state index is 6.13. The van der Waals surface area contributed by atoms with E-state index < -0.39 is 0 Å². The summed E-state index contributed by atoms with van der Waals surface area (Å²) in [4.78, 5) is 10.2. The van der Waals surface area contributed by atoms with Gasteiger partial charge in [0.25, 0.3) is 0 Å². The van der Waals surface area contributed by atoms with E-state index in [2.05, 4.69) is 81.8 Å². The van der Waals surface area contributed by atoms with E-state index in [-0.39, 0.29) is 13.6 Å². The van der Waals surface area contributed by atoms with Crippen LogP contribution in [0.5, 0.6) is 0 Å². The highest BCUT2D eigenvalue weighted by atomic mass is 16.6. The fraction of sp³-hybridized carbons (Fsp3) is 0.200. The van der Waals surface area contributed by atoms with Gasteiger partial charge in [-0.15, -0.1) is 5.73 Å². The monoisotopic (exact) mass is 445 g/mol. The standard InChI is InChI=1S/C30H25N3O.H2/c1-2-26(25-18-31-17-20-11-14-32-28(20)25)33-15-12-19(13-16-33)27-21-7-3-5-9-23(21)29-30(34-29)24-10-6-4-8-22(24)27;/h3-11,14,17-18,29-30,32H,1,12-13,15-16H2;1H. The molecule has 2 aromatic carbocycles. The first-order chi connectivity index (χ1) is 16.8. The molecule has 0 spiro atoms. The molecule has 2 aliphatic heterocycles. The van der Waals surface area contributed by atoms with Gasteiger partial charge in [-0.1, -0.05) is 60.7 Å². The van der Waals surface area contributed by atoms with Crippen molar-refractivity contribution >= 4 is 22.2 Å². The molecule has 4 heteroatoms. The van der Waals surface area contributed by atoms with Gasteiger partial charge >= 0.3 is 0 Å². The molecule has 1 aliphatic carbocycles. The molecule has 1 N–H and O–H groups in total. The van der Waals surface area contributed by atoms with Crippen LogP contribution < -0.4 is 0 Å². The zero-order chi connectivity index (χ0) is 22.6. The summed E-state index contributed by atoms with van der Waals surface area (Å²) in [6.07, 6.45) is 8.15. The molecule has 7 rings (SSSR count). The summed E-state index contributed by atoms with van der Waals surface area (Å²) in [6.45, 7) is 5.89. The van der Waals surface area contributed by atoms with E-state index in [1.165, 1.54) is 33.4 Å². The van der Waals surface area contributed by atoms with E-state index in [0.29, 0.717) is 0 Å². The molecule has 0 bridgehead atoms. The SMILES string of the molecule is C=C=C(c1cncc2cc[nH]c12)N1CCC(=C2c3ccccc3C3OC3c3ccccc32)CC1.[HH]. The maximum Gasteiger partial charge on any atom is 0.114 e. The molecule has 3 aliphatic rings. The number of H-pyrrole nitrogens is 1. The number of ether oxygens (including phenoxy) is 1. The fourth-order valence-electron chi connectivity index (χ4n) is 5.84. The van der Waals surface area contributed by atoms with Crippen LogP contribution >= 0.6 is 0 Å². The van der Waals surface area contributed by atoms with E-state index in [1.807, 2.05) is 18.6 Å². The zero-order valence-electron chi connectivity index (χ0n) is 18.9. The van der Waals surface area contributed by atoms with Crippen molar-refractivity contribution in [2.45, 2.75) is 25.0 Å². The van der Waals surface area contributed by atoms with Crippen LogP contribution in [0.3, 0.4) is 0 Å². The average Bonchev–Trinajstić information content (AvgIpc) is 3.55. The number of pyridine rings is 1. The molecular weight excluding hydrogens is 418 g/mol. The Hall–Kier alpha value is -3.85. The van der Waals surface area contributed by atoms with Gasteiger partial charge in [-0.2, -0.15) is 0 Å². The maximum atomic E-state index is 6.13. The highest BCUT2D eigenvalue weighted by molar-refractivity contribution is 5.90. The largest absolute Gasteiger partial charge is 0.364 e. The van der Waals surface area contributed by atoms with Gasteiger partial charge in [0.2, 0.25) is 0 Å². The number of fused-ring (bicyclic) bond motifs is 6. The van der Waals surface area contributed by atoms with Crippen molar-refractivity contribution in [1.29, 1.82) is 0 Å². The number of aromatic amines is 1. The third-order valence-electron chi connectivity index (χ3n) is 7.49. The summed E-state index contributed by atoms with van der Waals surface area (Å²) < 4.78 is 6.13. The molecule has 2 fully saturated rings. The van der Waals surface area contributed by atoms with Crippen molar-refractivity contribution < 1.29 is 6.16 Å². The van der Waals surface area contributed by atoms with E-state index >= 15 is 0 Å². The first-order valence-corrected chi connectivity index (χ1v) is 12.0. The Labute approximate surface area is 200 Å². The zero-order valence-corrected chi connectivity index (χ0v) is 18.9. The van der Waals surface area contributed by atoms with Crippen molar-refractivity contribution in [1.82, 2.24) is 14.9 Å². The van der Waals surface area contributed by atoms with E-state index in [1.54, 1.807) is 0 Å². The Morgan fingerprint density at radius 3 is 2.32 bits per heavy atom. The lowest BCUT2D eigenvalue weighted by Gasteiger charge is -2.33. The van der Waals surface area contributed by atoms with E-state index in [9.17, 15) is 0 Å². The van der Waals surface area contributed by atoms with Crippen LogP contribution in [0.15, 0.2) is 91.1 Å². The van der Waals surface area contributed by atoms with Crippen LogP contribution in [0.2, 0.25) is 0 Å². The Morgan fingerprint density at radius 1 is 0.971 bits per heavy atom. The molecule has 4 heterocycles. The number of hydrogen-bond acceptors (Lipinski definition) is 3. The van der Waals surface area contributed by atoms with E-state index in [0.717, 1.165) is 48.1 Å². The lowest BCUT2D eigenvalue weighted by Crippen LogP contribution is -2.29. The molecule has 2 atom stereocenters. The van der Waals surface area contributed by atoms with Crippen LogP contribution in [0.4, 0.5) is 0 Å². The van der Waals surface area contributed by atoms with Gasteiger partial charge in [0.15, 0.2) is 0 Å². The van der Waals surface area contributed by atoms with Gasteiger partial charge in [0.1, 0.15) is 12.2 Å². The topological polar surface area (TPSA) is 44.5 Å². The first kappa shape index (κ1) is 19.6. The van der Waals surface area contributed by atoms with Crippen LogP contribution in [0, 0.1) is 0 Å². The molecule has 0 saturated carbocycles. The lowest BCUT2D eigenvalue weighted by molar-refractivity contribution is 0.369. The van der Waals surface area contributed by atoms with Gasteiger partial charge in [0, 0.05) is 44.1 Å². The van der Waals surface area contributed by atoms with Gasteiger partial charge in [-0.25, -0.2) is 0 Å². The van der Waals surface area contributed by atoms with E-state index in [4.69, 9.17) is 4.74 Å². The second-order valence-corrected chi connectivity index (χ2v) is 9.27. The number of likely N-dealkylation sites (tertiary alicyclic amines) is 1. The van der Waals surface area contributed by atoms with Crippen molar-refractivity contribution in [3.05, 3.63) is 119 Å². The van der Waals surface area contributed by atoms with Gasteiger partial charge in [-0.05, 0) is 46.7 Å². The summed E-state index contributed by atoms with van der Waals surface area (Å²) in [5.41, 5.74) is 14.7. The highest BCUT2D eigenvalue weighted by Gasteiger charge is 2.46. The second-order valence-electron chi connectivity index (χ2n) is 9.27. The van der Waals surface area contributed by atoms with Gasteiger partial charge in [0.05, 0.1) is 11.2 Å². The molecule has 2 unspecified atom stereocenters. The molecule has 0 amide bonds. The first-order valence-electron chi connectivity index (χ1n) is 12.0. The van der Waals surface area contributed by atoms with Crippen molar-refractivity contribution in [2.75, 3.05) is 13.1 Å². The van der Waals surface area contributed by atoms with Gasteiger partial charge in [-0.3, -0.25) is 4.98 Å². The number of benzene rings is 2. The lowest BCUT2D eigenvalue weighted by atomic mass is 9.86. The minimum atomic E-state index is 0. The molecule has 2 aromatic heterocycles. The summed E-state index contributed by atoms with van der Waals surface area (Å²) >= 11 is 0. The summed E-state index contributed by atoms with van der Waals surface area (Å²) in [7, 11) is 0. The average molecular weight is 446 g/mol.